The maximum atomic E-state index is 11.7. The summed E-state index contributed by atoms with van der Waals surface area (Å²) in [4.78, 5) is 33.1. The summed E-state index contributed by atoms with van der Waals surface area (Å²) in [7, 11) is 1.28. The Hall–Kier alpha value is -2.96. The number of methoxy groups -OCH3 is 1. The first-order chi connectivity index (χ1) is 10.0. The smallest absolute Gasteiger partial charge is 0.338 e. The third kappa shape index (κ3) is 3.14. The Kier molecular flexibility index (Phi) is 4.13. The number of nitrogens with zero attached hydrogens (tertiary/aromatic N) is 2. The van der Waals surface area contributed by atoms with Crippen LogP contribution in [0.3, 0.4) is 0 Å². The van der Waals surface area contributed by atoms with E-state index in [9.17, 15) is 19.7 Å². The Morgan fingerprint density at radius 3 is 2.71 bits per heavy atom. The molecule has 108 valence electrons. The van der Waals surface area contributed by atoms with Crippen LogP contribution < -0.4 is 5.43 Å². The molecule has 0 N–H and O–H groups in total. The maximum absolute atomic E-state index is 11.7. The van der Waals surface area contributed by atoms with Crippen LogP contribution in [0.2, 0.25) is 0 Å². The number of aromatic nitrogens is 1. The molecule has 0 atom stereocenters. The zero-order valence-corrected chi connectivity index (χ0v) is 11.2. The first-order valence-electron chi connectivity index (χ1n) is 6.03. The average molecular weight is 288 g/mol. The Bertz CT molecular complexity index is 751. The second-order valence-electron chi connectivity index (χ2n) is 4.27. The topological polar surface area (TPSA) is 91.4 Å². The molecule has 2 rings (SSSR count). The number of ether oxygens (including phenoxy) is 1. The Balaban J connectivity index is 2.39. The van der Waals surface area contributed by atoms with Crippen molar-refractivity contribution in [3.8, 4) is 0 Å². The van der Waals surface area contributed by atoms with Crippen molar-refractivity contribution in [3.63, 3.8) is 0 Å². The molecule has 1 aromatic carbocycles. The van der Waals surface area contributed by atoms with Crippen LogP contribution >= 0.6 is 0 Å². The normalized spacial score (nSPS) is 10.1. The average Bonchev–Trinajstić information content (AvgIpc) is 2.48. The summed E-state index contributed by atoms with van der Waals surface area (Å²) in [6.07, 6.45) is 2.58. The molecule has 0 saturated carbocycles. The highest BCUT2D eigenvalue weighted by atomic mass is 16.6. The summed E-state index contributed by atoms with van der Waals surface area (Å²) < 4.78 is 6.16. The molecular weight excluding hydrogens is 276 g/mol. The van der Waals surface area contributed by atoms with Gasteiger partial charge in [-0.25, -0.2) is 4.79 Å². The van der Waals surface area contributed by atoms with E-state index in [0.29, 0.717) is 11.1 Å². The molecule has 0 amide bonds. The van der Waals surface area contributed by atoms with Gasteiger partial charge in [0, 0.05) is 18.8 Å². The van der Waals surface area contributed by atoms with Crippen molar-refractivity contribution in [1.82, 2.24) is 4.57 Å². The van der Waals surface area contributed by atoms with Gasteiger partial charge in [-0.15, -0.1) is 0 Å². The van der Waals surface area contributed by atoms with Gasteiger partial charge in [0.2, 0.25) is 0 Å². The van der Waals surface area contributed by atoms with Crippen molar-refractivity contribution in [2.24, 2.45) is 0 Å². The standard InChI is InChI=1S/C14H12N2O5/c1-21-14(18)11-5-3-2-4-10(11)8-15-7-6-13(17)12(9-15)16(19)20/h2-7,9H,8H2,1H3. The molecule has 1 aromatic heterocycles. The van der Waals surface area contributed by atoms with Crippen molar-refractivity contribution >= 4 is 11.7 Å². The third-order valence-electron chi connectivity index (χ3n) is 2.93. The van der Waals surface area contributed by atoms with Crippen LogP contribution in [-0.4, -0.2) is 22.6 Å². The second kappa shape index (κ2) is 6.00. The molecule has 0 fully saturated rings. The molecule has 7 heteroatoms. The van der Waals surface area contributed by atoms with Gasteiger partial charge >= 0.3 is 11.7 Å². The fourth-order valence-electron chi connectivity index (χ4n) is 1.91. The van der Waals surface area contributed by atoms with Gasteiger partial charge in [-0.1, -0.05) is 18.2 Å². The molecule has 0 aliphatic rings. The monoisotopic (exact) mass is 288 g/mol. The van der Waals surface area contributed by atoms with Gasteiger partial charge in [0.1, 0.15) is 0 Å². The fraction of sp³-hybridized carbons (Fsp3) is 0.143. The minimum Gasteiger partial charge on any atom is -0.465 e. The second-order valence-corrected chi connectivity index (χ2v) is 4.27. The molecule has 0 unspecified atom stereocenters. The quantitative estimate of drug-likeness (QED) is 0.484. The number of esters is 1. The SMILES string of the molecule is COC(=O)c1ccccc1Cn1ccc(=O)c([N+](=O)[O-])c1. The van der Waals surface area contributed by atoms with Crippen molar-refractivity contribution in [2.75, 3.05) is 7.11 Å². The van der Waals surface area contributed by atoms with E-state index in [1.54, 1.807) is 24.3 Å². The lowest BCUT2D eigenvalue weighted by atomic mass is 10.1. The molecule has 1 heterocycles. The third-order valence-corrected chi connectivity index (χ3v) is 2.93. The zero-order chi connectivity index (χ0) is 15.4. The molecular formula is C14H12N2O5. The molecule has 0 bridgehead atoms. The van der Waals surface area contributed by atoms with Gasteiger partial charge in [0.25, 0.3) is 5.43 Å². The minimum absolute atomic E-state index is 0.215. The van der Waals surface area contributed by atoms with E-state index in [2.05, 4.69) is 4.74 Å². The van der Waals surface area contributed by atoms with E-state index in [-0.39, 0.29) is 6.54 Å². The van der Waals surface area contributed by atoms with Crippen LogP contribution in [0.25, 0.3) is 0 Å². The molecule has 0 saturated heterocycles. The molecule has 7 nitrogen and oxygen atoms in total. The van der Waals surface area contributed by atoms with E-state index in [4.69, 9.17) is 0 Å². The van der Waals surface area contributed by atoms with E-state index in [0.717, 1.165) is 12.3 Å². The lowest BCUT2D eigenvalue weighted by Gasteiger charge is -2.10. The summed E-state index contributed by atoms with van der Waals surface area (Å²) in [6.45, 7) is 0.215. The summed E-state index contributed by atoms with van der Waals surface area (Å²) >= 11 is 0. The van der Waals surface area contributed by atoms with Crippen LogP contribution in [0.1, 0.15) is 15.9 Å². The number of pyridine rings is 1. The number of hydrogen-bond donors (Lipinski definition) is 0. The first kappa shape index (κ1) is 14.4. The van der Waals surface area contributed by atoms with E-state index in [1.807, 2.05) is 0 Å². The fourth-order valence-corrected chi connectivity index (χ4v) is 1.91. The number of carbonyl (C=O) groups is 1. The first-order valence-corrected chi connectivity index (χ1v) is 6.03. The van der Waals surface area contributed by atoms with Crippen LogP contribution in [0.4, 0.5) is 5.69 Å². The maximum Gasteiger partial charge on any atom is 0.338 e. The molecule has 2 aromatic rings. The van der Waals surface area contributed by atoms with Crippen LogP contribution in [0.5, 0.6) is 0 Å². The van der Waals surface area contributed by atoms with Crippen molar-refractivity contribution in [2.45, 2.75) is 6.54 Å². The summed E-state index contributed by atoms with van der Waals surface area (Å²) in [6, 6.07) is 7.90. The number of rotatable bonds is 4. The summed E-state index contributed by atoms with van der Waals surface area (Å²) in [5, 5.41) is 10.8. The van der Waals surface area contributed by atoms with E-state index in [1.165, 1.54) is 17.9 Å². The van der Waals surface area contributed by atoms with Gasteiger partial charge in [-0.3, -0.25) is 14.9 Å². The highest BCUT2D eigenvalue weighted by Gasteiger charge is 2.14. The van der Waals surface area contributed by atoms with Crippen molar-refractivity contribution in [3.05, 3.63) is 74.2 Å². The summed E-state index contributed by atoms with van der Waals surface area (Å²) in [5.41, 5.74) is -0.144. The predicted octanol–water partition coefficient (Wildman–Crippen LogP) is 1.59. The lowest BCUT2D eigenvalue weighted by Crippen LogP contribution is -2.13. The van der Waals surface area contributed by atoms with Gasteiger partial charge in [-0.05, 0) is 11.6 Å². The highest BCUT2D eigenvalue weighted by Crippen LogP contribution is 2.13. The molecule has 0 spiro atoms. The molecule has 0 radical (unpaired) electrons. The van der Waals surface area contributed by atoms with Crippen LogP contribution in [0, 0.1) is 10.1 Å². The molecule has 0 aliphatic heterocycles. The molecule has 21 heavy (non-hydrogen) atoms. The Morgan fingerprint density at radius 2 is 2.05 bits per heavy atom. The predicted molar refractivity (Wildman–Crippen MR) is 74.2 cm³/mol. The van der Waals surface area contributed by atoms with E-state index < -0.39 is 22.0 Å². The van der Waals surface area contributed by atoms with Gasteiger partial charge in [-0.2, -0.15) is 0 Å². The minimum atomic E-state index is -0.731. The van der Waals surface area contributed by atoms with Crippen LogP contribution in [0.15, 0.2) is 47.5 Å². The number of nitro groups is 1. The highest BCUT2D eigenvalue weighted by molar-refractivity contribution is 5.90. The van der Waals surface area contributed by atoms with E-state index >= 15 is 0 Å². The van der Waals surface area contributed by atoms with Crippen molar-refractivity contribution in [1.29, 1.82) is 0 Å². The Labute approximate surface area is 119 Å². The van der Waals surface area contributed by atoms with Gasteiger partial charge in [0.05, 0.1) is 23.8 Å². The number of benzene rings is 1. The summed E-state index contributed by atoms with van der Waals surface area (Å²) in [5.74, 6) is -0.485. The van der Waals surface area contributed by atoms with Crippen molar-refractivity contribution < 1.29 is 14.5 Å². The lowest BCUT2D eigenvalue weighted by molar-refractivity contribution is -0.386. The zero-order valence-electron chi connectivity index (χ0n) is 11.2. The largest absolute Gasteiger partial charge is 0.465 e. The number of hydrogen-bond acceptors (Lipinski definition) is 5. The van der Waals surface area contributed by atoms with Gasteiger partial charge < -0.3 is 9.30 Å². The molecule has 0 aliphatic carbocycles. The Morgan fingerprint density at radius 1 is 1.33 bits per heavy atom. The van der Waals surface area contributed by atoms with Crippen LogP contribution in [-0.2, 0) is 11.3 Å². The van der Waals surface area contributed by atoms with Gasteiger partial charge in [0.15, 0.2) is 0 Å². The number of carbonyl (C=O) groups excluding carboxylic acids is 1.